The van der Waals surface area contributed by atoms with Gasteiger partial charge in [0, 0.05) is 19.8 Å². The van der Waals surface area contributed by atoms with E-state index in [4.69, 9.17) is 18.0 Å². The maximum Gasteiger partial charge on any atom is 0.540 e. The summed E-state index contributed by atoms with van der Waals surface area (Å²) in [4.78, 5) is 12.1. The molecule has 23 heavy (non-hydrogen) atoms. The molecule has 6 heteroatoms. The summed E-state index contributed by atoms with van der Waals surface area (Å²) in [5.41, 5.74) is 0.511. The molecule has 0 aliphatic heterocycles. The van der Waals surface area contributed by atoms with Crippen molar-refractivity contribution < 1.29 is 22.8 Å². The topological polar surface area (TPSA) is 54.0 Å². The number of ether oxygens (including phenoxy) is 1. The second kappa shape index (κ2) is 11.3. The highest BCUT2D eigenvalue weighted by Gasteiger charge is 2.43. The molecule has 0 atom stereocenters. The van der Waals surface area contributed by atoms with Gasteiger partial charge in [-0.2, -0.15) is 0 Å². The largest absolute Gasteiger partial charge is 0.540 e. The Morgan fingerprint density at radius 1 is 0.870 bits per heavy atom. The fourth-order valence-electron chi connectivity index (χ4n) is 1.83. The first-order valence-electron chi connectivity index (χ1n) is 8.31. The smallest absolute Gasteiger partial charge is 0.457 e. The molecular weight excluding hydrogens is 312 g/mol. The quantitative estimate of drug-likeness (QED) is 0.430. The van der Waals surface area contributed by atoms with Gasteiger partial charge in [0.05, 0.1) is 5.56 Å². The van der Waals surface area contributed by atoms with E-state index < -0.39 is 8.80 Å². The van der Waals surface area contributed by atoms with Crippen molar-refractivity contribution in [3.05, 3.63) is 35.9 Å². The van der Waals surface area contributed by atoms with Crippen LogP contribution in [0.5, 0.6) is 0 Å². The minimum Gasteiger partial charge on any atom is -0.457 e. The Balaban J connectivity index is 2.73. The number of hydrogen-bond donors (Lipinski definition) is 0. The van der Waals surface area contributed by atoms with E-state index in [2.05, 4.69) is 0 Å². The average Bonchev–Trinajstić information content (AvgIpc) is 2.61. The summed E-state index contributed by atoms with van der Waals surface area (Å²) in [5, 5.41) is 0. The molecule has 0 radical (unpaired) electrons. The normalized spacial score (nSPS) is 11.4. The fraction of sp³-hybridized carbons (Fsp3) is 0.588. The van der Waals surface area contributed by atoms with Crippen molar-refractivity contribution in [1.82, 2.24) is 0 Å². The van der Waals surface area contributed by atoms with Crippen LogP contribution in [0, 0.1) is 0 Å². The summed E-state index contributed by atoms with van der Waals surface area (Å²) in [6.45, 7) is 7.66. The third kappa shape index (κ3) is 7.26. The van der Waals surface area contributed by atoms with Gasteiger partial charge in [-0.05, 0) is 31.4 Å². The second-order valence-electron chi connectivity index (χ2n) is 5.17. The molecule has 0 N–H and O–H groups in total. The summed E-state index contributed by atoms with van der Waals surface area (Å²) in [7, 11) is -3.00. The van der Waals surface area contributed by atoms with Crippen LogP contribution < -0.4 is 0 Å². The van der Waals surface area contributed by atoms with Crippen molar-refractivity contribution in [1.29, 1.82) is 0 Å². The van der Waals surface area contributed by atoms with E-state index in [0.717, 1.165) is 19.3 Å². The molecule has 1 aromatic carbocycles. The number of esters is 1. The molecular formula is C17H28O5Si. The van der Waals surface area contributed by atoms with Crippen molar-refractivity contribution in [2.75, 3.05) is 26.1 Å². The number of hydrogen-bond acceptors (Lipinski definition) is 5. The van der Waals surface area contributed by atoms with Crippen LogP contribution in [0.3, 0.4) is 0 Å². The summed E-state index contributed by atoms with van der Waals surface area (Å²) < 4.78 is 23.1. The molecule has 0 fully saturated rings. The van der Waals surface area contributed by atoms with Gasteiger partial charge in [-0.3, -0.25) is 0 Å². The fourth-order valence-corrected chi connectivity index (χ4v) is 4.19. The zero-order chi connectivity index (χ0) is 17.0. The second-order valence-corrected chi connectivity index (χ2v) is 7.69. The molecule has 1 aromatic rings. The average molecular weight is 340 g/mol. The first-order valence-corrected chi connectivity index (χ1v) is 10.2. The molecule has 0 aromatic heterocycles. The van der Waals surface area contributed by atoms with Crippen molar-refractivity contribution in [2.24, 2.45) is 0 Å². The van der Waals surface area contributed by atoms with E-state index in [1.165, 1.54) is 0 Å². The Bertz CT molecular complexity index is 416. The summed E-state index contributed by atoms with van der Waals surface area (Å²) in [6.07, 6.45) is 2.60. The third-order valence-electron chi connectivity index (χ3n) is 2.97. The van der Waals surface area contributed by atoms with Gasteiger partial charge >= 0.3 is 14.8 Å². The maximum atomic E-state index is 12.1. The zero-order valence-corrected chi connectivity index (χ0v) is 15.4. The van der Waals surface area contributed by atoms with Crippen LogP contribution in [-0.2, 0) is 18.0 Å². The van der Waals surface area contributed by atoms with Gasteiger partial charge in [0.15, 0.2) is 6.23 Å². The van der Waals surface area contributed by atoms with Crippen LogP contribution in [0.4, 0.5) is 0 Å². The molecule has 0 amide bonds. The molecule has 0 aliphatic carbocycles. The Labute approximate surface area is 140 Å². The molecule has 0 saturated carbocycles. The van der Waals surface area contributed by atoms with Gasteiger partial charge in [-0.15, -0.1) is 0 Å². The van der Waals surface area contributed by atoms with Crippen LogP contribution in [0.1, 0.15) is 50.4 Å². The number of rotatable bonds is 12. The maximum absolute atomic E-state index is 12.1. The van der Waals surface area contributed by atoms with Gasteiger partial charge in [0.2, 0.25) is 0 Å². The molecule has 0 aliphatic rings. The molecule has 1 rings (SSSR count). The van der Waals surface area contributed by atoms with Gasteiger partial charge < -0.3 is 18.0 Å². The zero-order valence-electron chi connectivity index (χ0n) is 14.4. The Kier molecular flexibility index (Phi) is 9.78. The minimum absolute atomic E-state index is 0.0424. The molecule has 0 unspecified atom stereocenters. The molecule has 0 spiro atoms. The minimum atomic E-state index is -3.00. The summed E-state index contributed by atoms with van der Waals surface area (Å²) in [6, 6.07) is 8.90. The van der Waals surface area contributed by atoms with E-state index in [-0.39, 0.29) is 12.2 Å². The summed E-state index contributed by atoms with van der Waals surface area (Å²) in [5.74, 6) is -0.386. The number of benzene rings is 1. The summed E-state index contributed by atoms with van der Waals surface area (Å²) >= 11 is 0. The number of carbonyl (C=O) groups is 1. The van der Waals surface area contributed by atoms with E-state index in [0.29, 0.717) is 25.4 Å². The highest BCUT2D eigenvalue weighted by atomic mass is 28.4. The number of carbonyl (C=O) groups excluding carboxylic acids is 1. The molecule has 0 heterocycles. The molecule has 0 bridgehead atoms. The molecule has 130 valence electrons. The van der Waals surface area contributed by atoms with E-state index in [9.17, 15) is 4.79 Å². The van der Waals surface area contributed by atoms with E-state index in [1.54, 1.807) is 24.3 Å². The van der Waals surface area contributed by atoms with Crippen LogP contribution in [0.25, 0.3) is 0 Å². The third-order valence-corrected chi connectivity index (χ3v) is 5.40. The van der Waals surface area contributed by atoms with Crippen molar-refractivity contribution >= 4 is 14.8 Å². The van der Waals surface area contributed by atoms with Crippen LogP contribution in [0.15, 0.2) is 30.3 Å². The first kappa shape index (κ1) is 19.8. The predicted octanol–water partition coefficient (Wildman–Crippen LogP) is 3.60. The van der Waals surface area contributed by atoms with E-state index in [1.807, 2.05) is 26.8 Å². The van der Waals surface area contributed by atoms with E-state index >= 15 is 0 Å². The van der Waals surface area contributed by atoms with Gasteiger partial charge in [0.25, 0.3) is 0 Å². The first-order chi connectivity index (χ1) is 11.2. The van der Waals surface area contributed by atoms with Crippen molar-refractivity contribution in [2.45, 2.75) is 40.0 Å². The lowest BCUT2D eigenvalue weighted by Gasteiger charge is -2.29. The van der Waals surface area contributed by atoms with Crippen LogP contribution >= 0.6 is 0 Å². The lowest BCUT2D eigenvalue weighted by atomic mass is 10.2. The highest BCUT2D eigenvalue weighted by molar-refractivity contribution is 6.60. The lowest BCUT2D eigenvalue weighted by Crippen LogP contribution is -2.51. The molecule has 0 saturated heterocycles. The van der Waals surface area contributed by atoms with Gasteiger partial charge in [0.1, 0.15) is 0 Å². The van der Waals surface area contributed by atoms with Gasteiger partial charge in [-0.25, -0.2) is 4.79 Å². The standard InChI is InChI=1S/C17H28O5Si/c1-4-12-20-23(21-13-5-2,22-14-6-3)15-19-17(18)16-10-8-7-9-11-16/h7-11H,4-6,12-15H2,1-3H3. The Hall–Kier alpha value is -1.21. The van der Waals surface area contributed by atoms with Gasteiger partial charge in [-0.1, -0.05) is 39.0 Å². The SMILES string of the molecule is CCCO[Si](COC(=O)c1ccccc1)(OCCC)OCCC. The van der Waals surface area contributed by atoms with Crippen molar-refractivity contribution in [3.8, 4) is 0 Å². The highest BCUT2D eigenvalue weighted by Crippen LogP contribution is 2.14. The van der Waals surface area contributed by atoms with Crippen LogP contribution in [-0.4, -0.2) is 40.8 Å². The Morgan fingerprint density at radius 2 is 1.35 bits per heavy atom. The van der Waals surface area contributed by atoms with Crippen molar-refractivity contribution in [3.63, 3.8) is 0 Å². The van der Waals surface area contributed by atoms with Crippen LogP contribution in [0.2, 0.25) is 0 Å². The molecule has 5 nitrogen and oxygen atoms in total. The predicted molar refractivity (Wildman–Crippen MR) is 91.2 cm³/mol. The Morgan fingerprint density at radius 3 is 1.78 bits per heavy atom. The monoisotopic (exact) mass is 340 g/mol. The lowest BCUT2D eigenvalue weighted by molar-refractivity contribution is 0.0194.